The monoisotopic (exact) mass is 576 g/mol. The predicted octanol–water partition coefficient (Wildman–Crippen LogP) is 7.42. The highest BCUT2D eigenvalue weighted by Gasteiger charge is 2.45. The highest BCUT2D eigenvalue weighted by molar-refractivity contribution is 9.11. The molecule has 0 aliphatic heterocycles. The van der Waals surface area contributed by atoms with Crippen molar-refractivity contribution in [2.75, 3.05) is 0 Å². The van der Waals surface area contributed by atoms with E-state index in [2.05, 4.69) is 144 Å². The lowest BCUT2D eigenvalue weighted by atomic mass is 9.98. The maximum absolute atomic E-state index is 11.2. The highest BCUT2D eigenvalue weighted by atomic mass is 79.9. The zero-order valence-corrected chi connectivity index (χ0v) is 23.5. The van der Waals surface area contributed by atoms with Gasteiger partial charge in [0.15, 0.2) is 5.78 Å². The summed E-state index contributed by atoms with van der Waals surface area (Å²) in [6, 6.07) is 45.9. The van der Waals surface area contributed by atoms with Crippen LogP contribution in [0.15, 0.2) is 156 Å². The Morgan fingerprint density at radius 1 is 0.763 bits per heavy atom. The second kappa shape index (κ2) is 13.1. The number of Topliss-reactive ketones (excluding diaryl/α,β-unsaturated/α-hetero) is 1. The molecule has 0 aromatic heterocycles. The number of ketones is 1. The van der Waals surface area contributed by atoms with Gasteiger partial charge in [-0.25, -0.2) is 0 Å². The van der Waals surface area contributed by atoms with Crippen LogP contribution in [0.2, 0.25) is 0 Å². The minimum Gasteiger partial charge on any atom is -0.294 e. The molecule has 4 aromatic rings. The Labute approximate surface area is 234 Å². The van der Waals surface area contributed by atoms with E-state index in [0.29, 0.717) is 12.0 Å². The summed E-state index contributed by atoms with van der Waals surface area (Å²) in [6.07, 6.45) is 4.76. The molecule has 0 fully saturated rings. The molecule has 0 atom stereocenters. The Balaban J connectivity index is 0.000000236. The Morgan fingerprint density at radius 2 is 1.18 bits per heavy atom. The third-order valence-electron chi connectivity index (χ3n) is 6.38. The van der Waals surface area contributed by atoms with Gasteiger partial charge in [-0.1, -0.05) is 114 Å². The van der Waals surface area contributed by atoms with E-state index in [0.717, 1.165) is 10.6 Å². The summed E-state index contributed by atoms with van der Waals surface area (Å²) >= 11 is 3.24. The summed E-state index contributed by atoms with van der Waals surface area (Å²) in [5, 5.41) is 12.8. The highest BCUT2D eigenvalue weighted by Crippen LogP contribution is 2.58. The minimum absolute atomic E-state index is 0.0512. The fourth-order valence-electron chi connectivity index (χ4n) is 4.52. The molecule has 0 N–H and O–H groups in total. The van der Waals surface area contributed by atoms with Gasteiger partial charge >= 0.3 is 0 Å². The van der Waals surface area contributed by atoms with Crippen LogP contribution in [0.4, 0.5) is 0 Å². The summed E-state index contributed by atoms with van der Waals surface area (Å²) in [5.41, 5.74) is 2.02. The molecule has 5 rings (SSSR count). The quantitative estimate of drug-likeness (QED) is 0.177. The number of nitrogens with zero attached hydrogens (tertiary/aromatic N) is 1. The Kier molecular flexibility index (Phi) is 9.39. The summed E-state index contributed by atoms with van der Waals surface area (Å²) in [6.45, 7) is 3.48. The number of carbonyl (C=O) groups is 1. The average Bonchev–Trinajstić information content (AvgIpc) is 2.99. The number of hydrogen-bond acceptors (Lipinski definition) is 2. The molecule has 0 radical (unpaired) electrons. The molecule has 0 heterocycles. The van der Waals surface area contributed by atoms with Crippen molar-refractivity contribution in [2.45, 2.75) is 12.6 Å². The van der Waals surface area contributed by atoms with Gasteiger partial charge in [-0.15, -0.1) is 0 Å². The fourth-order valence-corrected chi connectivity index (χ4v) is 9.15. The van der Waals surface area contributed by atoms with E-state index in [-0.39, 0.29) is 11.4 Å². The molecular formula is C34H28BrNOP+. The van der Waals surface area contributed by atoms with Crippen LogP contribution in [0, 0.1) is 11.3 Å². The minimum atomic E-state index is -1.78. The van der Waals surface area contributed by atoms with Crippen LogP contribution in [0.3, 0.4) is 0 Å². The maximum Gasteiger partial charge on any atom is 0.168 e. The lowest BCUT2D eigenvalue weighted by molar-refractivity contribution is -0.114. The molecule has 0 saturated carbocycles. The number of benzene rings is 4. The zero-order chi connectivity index (χ0) is 26.8. The van der Waals surface area contributed by atoms with Crippen LogP contribution >= 0.6 is 23.2 Å². The van der Waals surface area contributed by atoms with E-state index in [1.165, 1.54) is 21.5 Å². The van der Waals surface area contributed by atoms with Crippen molar-refractivity contribution in [3.63, 3.8) is 0 Å². The van der Waals surface area contributed by atoms with Crippen molar-refractivity contribution in [1.29, 1.82) is 5.26 Å². The first kappa shape index (κ1) is 27.2. The van der Waals surface area contributed by atoms with E-state index in [9.17, 15) is 4.79 Å². The molecule has 2 nitrogen and oxygen atoms in total. The van der Waals surface area contributed by atoms with Crippen molar-refractivity contribution in [3.8, 4) is 6.07 Å². The van der Waals surface area contributed by atoms with Crippen LogP contribution in [0.1, 0.15) is 12.0 Å². The largest absolute Gasteiger partial charge is 0.294 e. The van der Waals surface area contributed by atoms with Gasteiger partial charge in [0.05, 0.1) is 17.8 Å². The second-order valence-electron chi connectivity index (χ2n) is 8.82. The number of halogens is 1. The van der Waals surface area contributed by atoms with E-state index >= 15 is 0 Å². The van der Waals surface area contributed by atoms with Gasteiger partial charge in [0.25, 0.3) is 0 Å². The van der Waals surface area contributed by atoms with Crippen molar-refractivity contribution < 1.29 is 4.79 Å². The Morgan fingerprint density at radius 3 is 1.61 bits per heavy atom. The number of allylic oxidation sites excluding steroid dienone is 5. The summed E-state index contributed by atoms with van der Waals surface area (Å²) in [7, 11) is -1.78. The second-order valence-corrected chi connectivity index (χ2v) is 13.2. The number of hydrogen-bond donors (Lipinski definition) is 0. The lowest BCUT2D eigenvalue weighted by Gasteiger charge is -2.27. The molecule has 0 unspecified atom stereocenters. The van der Waals surface area contributed by atoms with Crippen molar-refractivity contribution in [2.24, 2.45) is 0 Å². The Bertz CT molecular complexity index is 1390. The Hall–Kier alpha value is -3.83. The normalized spacial score (nSPS) is 12.8. The van der Waals surface area contributed by atoms with Gasteiger partial charge in [0.2, 0.25) is 0 Å². The van der Waals surface area contributed by atoms with Crippen LogP contribution in [-0.4, -0.2) is 5.78 Å². The standard InChI is InChI=1S/C25H22P.C9H6BrNO/c1-5-13-22(14-6-1)21-26(23-15-7-2-8-16-23,24-17-9-3-10-18-24)25-19-11-4-12-20-25;1-6(5-11)8-4-7(10)2-3-9(8)12/h1-20H,21H2;2,4H,1,3H2/q+1;. The topological polar surface area (TPSA) is 40.9 Å². The summed E-state index contributed by atoms with van der Waals surface area (Å²) in [5.74, 6) is -0.0512. The van der Waals surface area contributed by atoms with Crippen molar-refractivity contribution in [3.05, 3.63) is 161 Å². The van der Waals surface area contributed by atoms with Gasteiger partial charge in [-0.05, 0) is 48.0 Å². The first-order valence-electron chi connectivity index (χ1n) is 12.3. The van der Waals surface area contributed by atoms with Gasteiger partial charge in [0.1, 0.15) is 23.2 Å². The molecule has 4 aromatic carbocycles. The van der Waals surface area contributed by atoms with E-state index in [1.807, 2.05) is 6.07 Å². The lowest BCUT2D eigenvalue weighted by Crippen LogP contribution is -2.32. The van der Waals surface area contributed by atoms with E-state index in [4.69, 9.17) is 5.26 Å². The zero-order valence-electron chi connectivity index (χ0n) is 21.0. The summed E-state index contributed by atoms with van der Waals surface area (Å²) < 4.78 is 0.827. The van der Waals surface area contributed by atoms with Crippen molar-refractivity contribution >= 4 is 44.9 Å². The van der Waals surface area contributed by atoms with Crippen molar-refractivity contribution in [1.82, 2.24) is 0 Å². The van der Waals surface area contributed by atoms with Crippen LogP contribution in [0.5, 0.6) is 0 Å². The van der Waals surface area contributed by atoms with Crippen LogP contribution in [-0.2, 0) is 11.0 Å². The number of rotatable bonds is 6. The molecule has 0 spiro atoms. The first-order chi connectivity index (χ1) is 18.5. The molecule has 4 heteroatoms. The molecule has 38 heavy (non-hydrogen) atoms. The molecule has 1 aliphatic rings. The molecule has 0 amide bonds. The van der Waals surface area contributed by atoms with E-state index < -0.39 is 7.26 Å². The van der Waals surface area contributed by atoms with Gasteiger partial charge in [-0.2, -0.15) is 5.26 Å². The molecular weight excluding hydrogens is 549 g/mol. The van der Waals surface area contributed by atoms with Gasteiger partial charge < -0.3 is 0 Å². The third kappa shape index (κ3) is 6.35. The van der Waals surface area contributed by atoms with Crippen LogP contribution < -0.4 is 15.9 Å². The molecule has 0 bridgehead atoms. The number of nitriles is 1. The fraction of sp³-hybridized carbons (Fsp3) is 0.0588. The molecule has 0 saturated heterocycles. The van der Waals surface area contributed by atoms with E-state index in [1.54, 1.807) is 12.2 Å². The maximum atomic E-state index is 11.2. The average molecular weight is 577 g/mol. The SMILES string of the molecule is C=C(C#N)C1=CC(Br)=CCC1=O.c1ccc(C[P+](c2ccccc2)(c2ccccc2)c2ccccc2)cc1. The van der Waals surface area contributed by atoms with Crippen LogP contribution in [0.25, 0.3) is 0 Å². The molecule has 1 aliphatic carbocycles. The molecule has 186 valence electrons. The van der Waals surface area contributed by atoms with Gasteiger partial charge in [-0.3, -0.25) is 4.79 Å². The van der Waals surface area contributed by atoms with Gasteiger partial charge in [0, 0.05) is 16.5 Å². The third-order valence-corrected chi connectivity index (χ3v) is 11.3. The predicted molar refractivity (Wildman–Crippen MR) is 165 cm³/mol. The smallest absolute Gasteiger partial charge is 0.168 e. The number of carbonyl (C=O) groups excluding carboxylic acids is 1. The summed E-state index contributed by atoms with van der Waals surface area (Å²) in [4.78, 5) is 11.2. The first-order valence-corrected chi connectivity index (χ1v) is 15.1.